The summed E-state index contributed by atoms with van der Waals surface area (Å²) in [6.07, 6.45) is 0.116. The molecular weight excluding hydrogens is 416 g/mol. The van der Waals surface area contributed by atoms with Gasteiger partial charge in [-0.3, -0.25) is 4.79 Å². The number of sulfonamides is 1. The molecule has 3 aromatic rings. The van der Waals surface area contributed by atoms with E-state index in [-0.39, 0.29) is 17.9 Å². The zero-order chi connectivity index (χ0) is 22.0. The number of fused-ring (bicyclic) bond motifs is 1. The van der Waals surface area contributed by atoms with Crippen molar-refractivity contribution in [3.05, 3.63) is 89.5 Å². The Kier molecular flexibility index (Phi) is 5.46. The van der Waals surface area contributed by atoms with Crippen molar-refractivity contribution in [3.63, 3.8) is 0 Å². The largest absolute Gasteiger partial charge is 0.480 e. The molecule has 1 N–H and O–H groups in total. The quantitative estimate of drug-likeness (QED) is 0.658. The molecule has 0 bridgehead atoms. The molecule has 0 saturated carbocycles. The highest BCUT2D eigenvalue weighted by Crippen LogP contribution is 2.30. The van der Waals surface area contributed by atoms with E-state index in [1.807, 2.05) is 24.3 Å². The van der Waals surface area contributed by atoms with Crippen molar-refractivity contribution in [2.24, 2.45) is 0 Å². The van der Waals surface area contributed by atoms with Crippen molar-refractivity contribution in [1.82, 2.24) is 4.31 Å². The fourth-order valence-electron chi connectivity index (χ4n) is 3.51. The Labute approximate surface area is 179 Å². The number of carboxylic acid groups (broad SMARTS) is 1. The summed E-state index contributed by atoms with van der Waals surface area (Å²) in [4.78, 5) is 11.8. The smallest absolute Gasteiger partial charge is 0.322 e. The molecule has 3 aromatic carbocycles. The van der Waals surface area contributed by atoms with Gasteiger partial charge < -0.3 is 9.84 Å². The first kappa shape index (κ1) is 20.6. The first-order valence-electron chi connectivity index (χ1n) is 9.48. The van der Waals surface area contributed by atoms with E-state index in [9.17, 15) is 18.3 Å². The number of hydrogen-bond donors (Lipinski definition) is 1. The standard InChI is InChI=1S/C23H18N2O5S/c24-14-16-5-7-19(8-6-16)30-20-9-11-21(12-10-20)31(28,29)25-15-18-4-2-1-3-17(18)13-22(25)23(26)27/h1-12,22H,13,15H2,(H,26,27)/t22-/m1/s1. The number of ether oxygens (including phenoxy) is 1. The van der Waals surface area contributed by atoms with E-state index in [1.165, 1.54) is 24.3 Å². The third-order valence-corrected chi connectivity index (χ3v) is 7.01. The molecule has 8 heteroatoms. The van der Waals surface area contributed by atoms with E-state index in [0.717, 1.165) is 15.4 Å². The summed E-state index contributed by atoms with van der Waals surface area (Å²) in [5.41, 5.74) is 2.14. The molecule has 4 rings (SSSR count). The molecule has 1 aliphatic heterocycles. The van der Waals surface area contributed by atoms with Crippen molar-refractivity contribution in [2.75, 3.05) is 0 Å². The number of aliphatic carboxylic acids is 1. The lowest BCUT2D eigenvalue weighted by Gasteiger charge is -2.33. The third-order valence-electron chi connectivity index (χ3n) is 5.14. The normalized spacial score (nSPS) is 16.2. The van der Waals surface area contributed by atoms with Gasteiger partial charge in [-0.15, -0.1) is 0 Å². The summed E-state index contributed by atoms with van der Waals surface area (Å²) in [7, 11) is -4.04. The molecule has 31 heavy (non-hydrogen) atoms. The Hall–Kier alpha value is -3.67. The van der Waals surface area contributed by atoms with Gasteiger partial charge >= 0.3 is 5.97 Å². The van der Waals surface area contributed by atoms with E-state index in [1.54, 1.807) is 30.3 Å². The summed E-state index contributed by atoms with van der Waals surface area (Å²) in [5, 5.41) is 18.5. The molecule has 1 aliphatic rings. The SMILES string of the molecule is N#Cc1ccc(Oc2ccc(S(=O)(=O)N3Cc4ccccc4C[C@@H]3C(=O)O)cc2)cc1. The molecule has 0 unspecified atom stereocenters. The van der Waals surface area contributed by atoms with Gasteiger partial charge in [-0.25, -0.2) is 8.42 Å². The van der Waals surface area contributed by atoms with Crippen LogP contribution in [0.2, 0.25) is 0 Å². The van der Waals surface area contributed by atoms with Gasteiger partial charge in [0.05, 0.1) is 16.5 Å². The highest BCUT2D eigenvalue weighted by molar-refractivity contribution is 7.89. The minimum atomic E-state index is -4.04. The van der Waals surface area contributed by atoms with E-state index in [2.05, 4.69) is 0 Å². The number of rotatable bonds is 5. The van der Waals surface area contributed by atoms with Gasteiger partial charge in [-0.2, -0.15) is 9.57 Å². The first-order valence-corrected chi connectivity index (χ1v) is 10.9. The Morgan fingerprint density at radius 2 is 1.55 bits per heavy atom. The van der Waals surface area contributed by atoms with Gasteiger partial charge in [0.2, 0.25) is 10.0 Å². The third kappa shape index (κ3) is 4.14. The average Bonchev–Trinajstić information content (AvgIpc) is 2.79. The van der Waals surface area contributed by atoms with E-state index < -0.39 is 22.0 Å². The zero-order valence-corrected chi connectivity index (χ0v) is 17.1. The average molecular weight is 434 g/mol. The Morgan fingerprint density at radius 1 is 0.968 bits per heavy atom. The van der Waals surface area contributed by atoms with Gasteiger partial charge in [0.25, 0.3) is 0 Å². The highest BCUT2D eigenvalue weighted by atomic mass is 32.2. The number of hydrogen-bond acceptors (Lipinski definition) is 5. The maximum Gasteiger partial charge on any atom is 0.322 e. The predicted molar refractivity (Wildman–Crippen MR) is 112 cm³/mol. The molecule has 156 valence electrons. The Morgan fingerprint density at radius 3 is 2.13 bits per heavy atom. The molecular formula is C23H18N2O5S. The fraction of sp³-hybridized carbons (Fsp3) is 0.130. The predicted octanol–water partition coefficient (Wildman–Crippen LogP) is 3.55. The lowest BCUT2D eigenvalue weighted by Crippen LogP contribution is -2.48. The van der Waals surface area contributed by atoms with E-state index in [4.69, 9.17) is 10.00 Å². The number of nitriles is 1. The van der Waals surface area contributed by atoms with Gasteiger partial charge in [0.15, 0.2) is 0 Å². The minimum absolute atomic E-state index is 0.00103. The van der Waals surface area contributed by atoms with Crippen LogP contribution in [-0.2, 0) is 27.8 Å². The van der Waals surface area contributed by atoms with Crippen molar-refractivity contribution in [3.8, 4) is 17.6 Å². The number of carbonyl (C=O) groups is 1. The van der Waals surface area contributed by atoms with Gasteiger partial charge in [0, 0.05) is 13.0 Å². The second kappa shape index (κ2) is 8.22. The van der Waals surface area contributed by atoms with E-state index >= 15 is 0 Å². The summed E-state index contributed by atoms with van der Waals surface area (Å²) in [5.74, 6) is -0.255. The maximum absolute atomic E-state index is 13.2. The van der Waals surface area contributed by atoms with Crippen molar-refractivity contribution in [2.45, 2.75) is 23.9 Å². The van der Waals surface area contributed by atoms with Crippen LogP contribution in [0.15, 0.2) is 77.7 Å². The summed E-state index contributed by atoms with van der Waals surface area (Å²) in [6, 6.07) is 20.5. The Bertz CT molecular complexity index is 1260. The van der Waals surface area contributed by atoms with Gasteiger partial charge in [-0.1, -0.05) is 24.3 Å². The monoisotopic (exact) mass is 434 g/mol. The molecule has 0 fully saturated rings. The van der Waals surface area contributed by atoms with Crippen LogP contribution >= 0.6 is 0 Å². The number of benzene rings is 3. The van der Waals surface area contributed by atoms with Crippen LogP contribution < -0.4 is 4.74 Å². The zero-order valence-electron chi connectivity index (χ0n) is 16.3. The molecule has 7 nitrogen and oxygen atoms in total. The molecule has 1 heterocycles. The van der Waals surface area contributed by atoms with Crippen LogP contribution in [0, 0.1) is 11.3 Å². The second-order valence-corrected chi connectivity index (χ2v) is 8.98. The molecule has 1 atom stereocenters. The van der Waals surface area contributed by atoms with Gasteiger partial charge in [-0.05, 0) is 59.7 Å². The summed E-state index contributed by atoms with van der Waals surface area (Å²) >= 11 is 0. The van der Waals surface area contributed by atoms with Crippen LogP contribution in [0.4, 0.5) is 0 Å². The number of nitrogens with zero attached hydrogens (tertiary/aromatic N) is 2. The van der Waals surface area contributed by atoms with Crippen LogP contribution in [0.25, 0.3) is 0 Å². The van der Waals surface area contributed by atoms with E-state index in [0.29, 0.717) is 17.1 Å². The number of carboxylic acids is 1. The highest BCUT2D eigenvalue weighted by Gasteiger charge is 2.39. The van der Waals surface area contributed by atoms with Crippen LogP contribution in [0.3, 0.4) is 0 Å². The topological polar surface area (TPSA) is 108 Å². The van der Waals surface area contributed by atoms with Gasteiger partial charge in [0.1, 0.15) is 17.5 Å². The molecule has 0 saturated heterocycles. The van der Waals surface area contributed by atoms with Crippen molar-refractivity contribution in [1.29, 1.82) is 5.26 Å². The lowest BCUT2D eigenvalue weighted by molar-refractivity contribution is -0.141. The molecule has 0 aromatic heterocycles. The van der Waals surface area contributed by atoms with Crippen LogP contribution in [0.1, 0.15) is 16.7 Å². The molecule has 0 amide bonds. The van der Waals surface area contributed by atoms with Crippen molar-refractivity contribution < 1.29 is 23.1 Å². The lowest BCUT2D eigenvalue weighted by atomic mass is 9.96. The molecule has 0 spiro atoms. The molecule has 0 radical (unpaired) electrons. The second-order valence-electron chi connectivity index (χ2n) is 7.09. The minimum Gasteiger partial charge on any atom is -0.480 e. The summed E-state index contributed by atoms with van der Waals surface area (Å²) < 4.78 is 33.2. The Balaban J connectivity index is 1.59. The molecule has 0 aliphatic carbocycles. The fourth-order valence-corrected chi connectivity index (χ4v) is 5.07. The van der Waals surface area contributed by atoms with Crippen molar-refractivity contribution >= 4 is 16.0 Å². The first-order chi connectivity index (χ1) is 14.9. The maximum atomic E-state index is 13.2. The van der Waals surface area contributed by atoms with Crippen LogP contribution in [0.5, 0.6) is 11.5 Å². The van der Waals surface area contributed by atoms with Crippen LogP contribution in [-0.4, -0.2) is 29.8 Å². The summed E-state index contributed by atoms with van der Waals surface area (Å²) in [6.45, 7) is -0.00103.